The smallest absolute Gasteiger partial charge is 0.181 e. The standard InChI is InChI=1S/C24H22N4O3/c1-13-8-24-25-21(12-22(15(3)29)28(24)26-13)23(30)11-17-5-4-16-10-18(6-7-19(16)17)20-9-14(2)31-27-20/h6-8,10,12,17H,2,4-5,9,11H2,1,3H3. The van der Waals surface area contributed by atoms with E-state index in [2.05, 4.69) is 34.0 Å². The van der Waals surface area contributed by atoms with Crippen LogP contribution < -0.4 is 0 Å². The Balaban J connectivity index is 1.40. The van der Waals surface area contributed by atoms with E-state index in [0.717, 1.165) is 29.8 Å². The van der Waals surface area contributed by atoms with Gasteiger partial charge in [-0.2, -0.15) is 5.10 Å². The molecule has 1 aliphatic heterocycles. The van der Waals surface area contributed by atoms with E-state index in [4.69, 9.17) is 4.84 Å². The molecule has 1 aliphatic carbocycles. The average Bonchev–Trinajstić information content (AvgIpc) is 3.44. The lowest BCUT2D eigenvalue weighted by Crippen LogP contribution is -2.13. The predicted molar refractivity (Wildman–Crippen MR) is 116 cm³/mol. The van der Waals surface area contributed by atoms with E-state index in [1.165, 1.54) is 22.6 Å². The zero-order chi connectivity index (χ0) is 21.7. The normalized spacial score (nSPS) is 17.5. The third-order valence-corrected chi connectivity index (χ3v) is 5.96. The molecule has 7 nitrogen and oxygen atoms in total. The molecule has 0 saturated carbocycles. The Morgan fingerprint density at radius 1 is 1.26 bits per heavy atom. The van der Waals surface area contributed by atoms with Gasteiger partial charge in [0.05, 0.1) is 17.8 Å². The summed E-state index contributed by atoms with van der Waals surface area (Å²) in [5.41, 5.74) is 6.33. The van der Waals surface area contributed by atoms with Gasteiger partial charge in [0, 0.05) is 25.0 Å². The number of nitrogens with zero attached hydrogens (tertiary/aromatic N) is 4. The second-order valence-corrected chi connectivity index (χ2v) is 8.26. The lowest BCUT2D eigenvalue weighted by atomic mass is 9.93. The summed E-state index contributed by atoms with van der Waals surface area (Å²) in [6.07, 6.45) is 2.82. The molecule has 0 saturated heterocycles. The molecular weight excluding hydrogens is 392 g/mol. The minimum Gasteiger partial charge on any atom is -0.361 e. The molecule has 1 unspecified atom stereocenters. The molecule has 3 aromatic rings. The number of benzene rings is 1. The van der Waals surface area contributed by atoms with Crippen molar-refractivity contribution in [1.29, 1.82) is 0 Å². The third-order valence-electron chi connectivity index (χ3n) is 5.96. The summed E-state index contributed by atoms with van der Waals surface area (Å²) in [7, 11) is 0. The fraction of sp³-hybridized carbons (Fsp3) is 0.292. The first-order valence-electron chi connectivity index (χ1n) is 10.4. The Morgan fingerprint density at radius 3 is 2.84 bits per heavy atom. The highest BCUT2D eigenvalue weighted by Crippen LogP contribution is 2.37. The number of carbonyl (C=O) groups excluding carboxylic acids is 2. The number of hydrogen-bond acceptors (Lipinski definition) is 6. The van der Waals surface area contributed by atoms with E-state index in [0.29, 0.717) is 35.6 Å². The van der Waals surface area contributed by atoms with E-state index in [-0.39, 0.29) is 17.5 Å². The summed E-state index contributed by atoms with van der Waals surface area (Å²) in [6.45, 7) is 7.11. The Bertz CT molecular complexity index is 1300. The van der Waals surface area contributed by atoms with E-state index in [1.54, 1.807) is 12.1 Å². The summed E-state index contributed by atoms with van der Waals surface area (Å²) in [6, 6.07) is 9.62. The quantitative estimate of drug-likeness (QED) is 0.585. The van der Waals surface area contributed by atoms with Crippen LogP contribution in [0.4, 0.5) is 0 Å². The molecule has 2 aromatic heterocycles. The van der Waals surface area contributed by atoms with Crippen LogP contribution >= 0.6 is 0 Å². The molecule has 31 heavy (non-hydrogen) atoms. The van der Waals surface area contributed by atoms with Crippen molar-refractivity contribution in [1.82, 2.24) is 14.6 Å². The van der Waals surface area contributed by atoms with Gasteiger partial charge in [0.15, 0.2) is 17.2 Å². The van der Waals surface area contributed by atoms with Gasteiger partial charge in [0.2, 0.25) is 0 Å². The van der Waals surface area contributed by atoms with Crippen LogP contribution in [-0.4, -0.2) is 31.9 Å². The van der Waals surface area contributed by atoms with Crippen LogP contribution in [0, 0.1) is 6.92 Å². The number of ketones is 2. The predicted octanol–water partition coefficient (Wildman–Crippen LogP) is 4.18. The number of hydrogen-bond donors (Lipinski definition) is 0. The summed E-state index contributed by atoms with van der Waals surface area (Å²) in [5.74, 6) is 0.584. The van der Waals surface area contributed by atoms with Crippen molar-refractivity contribution in [3.63, 3.8) is 0 Å². The monoisotopic (exact) mass is 414 g/mol. The Morgan fingerprint density at radius 2 is 2.10 bits per heavy atom. The van der Waals surface area contributed by atoms with Crippen molar-refractivity contribution >= 4 is 22.9 Å². The molecule has 0 spiro atoms. The fourth-order valence-electron chi connectivity index (χ4n) is 4.43. The number of aromatic nitrogens is 3. The van der Waals surface area contributed by atoms with Gasteiger partial charge < -0.3 is 4.84 Å². The van der Waals surface area contributed by atoms with Gasteiger partial charge in [-0.25, -0.2) is 9.50 Å². The summed E-state index contributed by atoms with van der Waals surface area (Å²) in [5, 5.41) is 8.40. The SMILES string of the molecule is C=C1CC(c2ccc3c(c2)CCC3CC(=O)c2cc(C(C)=O)n3nc(C)cc3n2)=NO1. The van der Waals surface area contributed by atoms with Crippen LogP contribution in [0.15, 0.2) is 47.8 Å². The maximum absolute atomic E-state index is 13.1. The molecule has 0 fully saturated rings. The van der Waals surface area contributed by atoms with Crippen molar-refractivity contribution < 1.29 is 14.4 Å². The van der Waals surface area contributed by atoms with Crippen molar-refractivity contribution in [2.24, 2.45) is 5.16 Å². The first-order valence-corrected chi connectivity index (χ1v) is 10.4. The van der Waals surface area contributed by atoms with Crippen molar-refractivity contribution in [3.05, 3.63) is 76.4 Å². The van der Waals surface area contributed by atoms with E-state index in [9.17, 15) is 9.59 Å². The lowest BCUT2D eigenvalue weighted by Gasteiger charge is -2.12. The first kappa shape index (κ1) is 19.4. The first-order chi connectivity index (χ1) is 14.9. The van der Waals surface area contributed by atoms with E-state index in [1.807, 2.05) is 13.0 Å². The third kappa shape index (κ3) is 3.46. The van der Waals surface area contributed by atoms with E-state index >= 15 is 0 Å². The zero-order valence-corrected chi connectivity index (χ0v) is 17.5. The number of Topliss-reactive ketones (excluding diaryl/α,β-unsaturated/α-hetero) is 2. The minimum absolute atomic E-state index is 0.0596. The van der Waals surface area contributed by atoms with Gasteiger partial charge in [-0.1, -0.05) is 23.9 Å². The van der Waals surface area contributed by atoms with E-state index < -0.39 is 0 Å². The van der Waals surface area contributed by atoms with Crippen LogP contribution in [-0.2, 0) is 11.3 Å². The molecule has 7 heteroatoms. The van der Waals surface area contributed by atoms with Gasteiger partial charge in [-0.15, -0.1) is 0 Å². The van der Waals surface area contributed by atoms with Gasteiger partial charge in [0.25, 0.3) is 0 Å². The molecule has 0 radical (unpaired) electrons. The van der Waals surface area contributed by atoms with Crippen molar-refractivity contribution in [3.8, 4) is 0 Å². The second kappa shape index (κ2) is 7.27. The molecule has 156 valence electrons. The molecule has 2 aliphatic rings. The Kier molecular flexibility index (Phi) is 4.54. The topological polar surface area (TPSA) is 85.9 Å². The van der Waals surface area contributed by atoms with Gasteiger partial charge >= 0.3 is 0 Å². The second-order valence-electron chi connectivity index (χ2n) is 8.26. The minimum atomic E-state index is -0.148. The summed E-state index contributed by atoms with van der Waals surface area (Å²) < 4.78 is 1.50. The summed E-state index contributed by atoms with van der Waals surface area (Å²) in [4.78, 5) is 34.8. The maximum atomic E-state index is 13.1. The van der Waals surface area contributed by atoms with Crippen LogP contribution in [0.1, 0.15) is 75.5 Å². The van der Waals surface area contributed by atoms with Crippen LogP contribution in [0.3, 0.4) is 0 Å². The van der Waals surface area contributed by atoms with Gasteiger partial charge in [-0.3, -0.25) is 9.59 Å². The maximum Gasteiger partial charge on any atom is 0.181 e. The lowest BCUT2D eigenvalue weighted by molar-refractivity contribution is 0.0969. The number of aryl methyl sites for hydroxylation is 2. The Hall–Kier alpha value is -3.61. The molecule has 0 amide bonds. The zero-order valence-electron chi connectivity index (χ0n) is 17.5. The number of fused-ring (bicyclic) bond motifs is 2. The fourth-order valence-corrected chi connectivity index (χ4v) is 4.43. The van der Waals surface area contributed by atoms with Gasteiger partial charge in [0.1, 0.15) is 17.1 Å². The van der Waals surface area contributed by atoms with Gasteiger partial charge in [-0.05, 0) is 48.9 Å². The molecule has 0 N–H and O–H groups in total. The Labute approximate surface area is 179 Å². The molecular formula is C24H22N4O3. The van der Waals surface area contributed by atoms with Crippen LogP contribution in [0.2, 0.25) is 0 Å². The summed E-state index contributed by atoms with van der Waals surface area (Å²) >= 11 is 0. The molecule has 1 aromatic carbocycles. The molecule has 3 heterocycles. The number of allylic oxidation sites excluding steroid dienone is 1. The van der Waals surface area contributed by atoms with Crippen LogP contribution in [0.25, 0.3) is 5.65 Å². The van der Waals surface area contributed by atoms with Crippen LogP contribution in [0.5, 0.6) is 0 Å². The number of carbonyl (C=O) groups is 2. The number of oxime groups is 1. The number of rotatable bonds is 5. The highest BCUT2D eigenvalue weighted by atomic mass is 16.6. The van der Waals surface area contributed by atoms with Crippen molar-refractivity contribution in [2.45, 2.75) is 45.4 Å². The highest BCUT2D eigenvalue weighted by molar-refractivity contribution is 6.02. The molecule has 0 bridgehead atoms. The van der Waals surface area contributed by atoms with Crippen molar-refractivity contribution in [2.75, 3.05) is 0 Å². The average molecular weight is 414 g/mol. The molecule has 5 rings (SSSR count). The molecule has 1 atom stereocenters. The largest absolute Gasteiger partial charge is 0.361 e. The highest BCUT2D eigenvalue weighted by Gasteiger charge is 2.27.